The van der Waals surface area contributed by atoms with Gasteiger partial charge in [-0.1, -0.05) is 0 Å². The van der Waals surface area contributed by atoms with Gasteiger partial charge in [-0.2, -0.15) is 5.26 Å². The van der Waals surface area contributed by atoms with E-state index in [0.717, 1.165) is 0 Å². The third-order valence-electron chi connectivity index (χ3n) is 1.85. The summed E-state index contributed by atoms with van der Waals surface area (Å²) in [6, 6.07) is 5.15. The molecular weight excluding hydrogens is 208 g/mol. The van der Waals surface area contributed by atoms with Crippen molar-refractivity contribution >= 4 is 5.97 Å². The van der Waals surface area contributed by atoms with Crippen LogP contribution in [0.15, 0.2) is 18.3 Å². The van der Waals surface area contributed by atoms with E-state index in [2.05, 4.69) is 4.98 Å². The molecule has 0 saturated heterocycles. The number of methoxy groups -OCH3 is 1. The minimum Gasteiger partial charge on any atom is -0.481 e. The molecule has 5 nitrogen and oxygen atoms in total. The highest BCUT2D eigenvalue weighted by Crippen LogP contribution is 2.07. The lowest BCUT2D eigenvalue weighted by Gasteiger charge is -2.03. The van der Waals surface area contributed by atoms with Crippen LogP contribution in [0.25, 0.3) is 0 Å². The number of carbonyl (C=O) groups is 1. The SMILES string of the molecule is COc1ccc(C(=O)OCCCC#N)cn1. The number of rotatable bonds is 5. The minimum atomic E-state index is -0.437. The fraction of sp³-hybridized carbons (Fsp3) is 0.364. The van der Waals surface area contributed by atoms with Gasteiger partial charge in [-0.05, 0) is 12.5 Å². The highest BCUT2D eigenvalue weighted by molar-refractivity contribution is 5.89. The largest absolute Gasteiger partial charge is 0.481 e. The van der Waals surface area contributed by atoms with E-state index in [1.807, 2.05) is 6.07 Å². The Morgan fingerprint density at radius 2 is 2.38 bits per heavy atom. The number of nitrogens with zero attached hydrogens (tertiary/aromatic N) is 2. The molecule has 0 aromatic carbocycles. The second kappa shape index (κ2) is 6.40. The predicted molar refractivity (Wildman–Crippen MR) is 55.9 cm³/mol. The molecule has 0 saturated carbocycles. The Morgan fingerprint density at radius 3 is 2.94 bits per heavy atom. The average molecular weight is 220 g/mol. The van der Waals surface area contributed by atoms with Crippen LogP contribution in [0, 0.1) is 11.3 Å². The van der Waals surface area contributed by atoms with Crippen molar-refractivity contribution in [2.24, 2.45) is 0 Å². The van der Waals surface area contributed by atoms with Crippen LogP contribution in [0.3, 0.4) is 0 Å². The van der Waals surface area contributed by atoms with E-state index in [1.165, 1.54) is 13.3 Å². The average Bonchev–Trinajstić information content (AvgIpc) is 2.34. The number of hydrogen-bond acceptors (Lipinski definition) is 5. The van der Waals surface area contributed by atoms with Gasteiger partial charge in [0.25, 0.3) is 0 Å². The Labute approximate surface area is 93.6 Å². The minimum absolute atomic E-state index is 0.248. The first-order chi connectivity index (χ1) is 7.77. The van der Waals surface area contributed by atoms with Crippen molar-refractivity contribution in [3.05, 3.63) is 23.9 Å². The van der Waals surface area contributed by atoms with Gasteiger partial charge in [0, 0.05) is 18.7 Å². The molecule has 0 fully saturated rings. The van der Waals surface area contributed by atoms with Gasteiger partial charge in [0.1, 0.15) is 0 Å². The molecule has 1 rings (SSSR count). The zero-order valence-electron chi connectivity index (χ0n) is 8.97. The molecule has 0 atom stereocenters. The molecule has 5 heteroatoms. The third-order valence-corrected chi connectivity index (χ3v) is 1.85. The Hall–Kier alpha value is -2.09. The van der Waals surface area contributed by atoms with E-state index in [-0.39, 0.29) is 6.61 Å². The lowest BCUT2D eigenvalue weighted by Crippen LogP contribution is -2.06. The van der Waals surface area contributed by atoms with Crippen molar-refractivity contribution in [3.8, 4) is 11.9 Å². The smallest absolute Gasteiger partial charge is 0.339 e. The summed E-state index contributed by atoms with van der Waals surface area (Å²) in [7, 11) is 1.50. The predicted octanol–water partition coefficient (Wildman–Crippen LogP) is 1.55. The fourth-order valence-corrected chi connectivity index (χ4v) is 1.02. The van der Waals surface area contributed by atoms with E-state index >= 15 is 0 Å². The van der Waals surface area contributed by atoms with Gasteiger partial charge in [-0.15, -0.1) is 0 Å². The summed E-state index contributed by atoms with van der Waals surface area (Å²) < 4.78 is 9.80. The molecule has 0 spiro atoms. The van der Waals surface area contributed by atoms with E-state index in [0.29, 0.717) is 24.3 Å². The highest BCUT2D eigenvalue weighted by atomic mass is 16.5. The lowest BCUT2D eigenvalue weighted by atomic mass is 10.3. The van der Waals surface area contributed by atoms with Crippen LogP contribution in [0.2, 0.25) is 0 Å². The summed E-state index contributed by atoms with van der Waals surface area (Å²) in [5.74, 6) is 0.00845. The number of esters is 1. The van der Waals surface area contributed by atoms with Gasteiger partial charge >= 0.3 is 5.97 Å². The van der Waals surface area contributed by atoms with E-state index in [1.54, 1.807) is 12.1 Å². The fourth-order valence-electron chi connectivity index (χ4n) is 1.02. The summed E-state index contributed by atoms with van der Waals surface area (Å²) in [5.41, 5.74) is 0.373. The van der Waals surface area contributed by atoms with Crippen molar-refractivity contribution < 1.29 is 14.3 Å². The molecule has 0 aliphatic heterocycles. The highest BCUT2D eigenvalue weighted by Gasteiger charge is 2.07. The molecule has 1 aromatic heterocycles. The maximum Gasteiger partial charge on any atom is 0.339 e. The van der Waals surface area contributed by atoms with Crippen LogP contribution < -0.4 is 4.74 Å². The van der Waals surface area contributed by atoms with Crippen molar-refractivity contribution in [1.29, 1.82) is 5.26 Å². The molecule has 0 radical (unpaired) electrons. The topological polar surface area (TPSA) is 72.2 Å². The van der Waals surface area contributed by atoms with Gasteiger partial charge in [0.05, 0.1) is 25.3 Å². The molecule has 0 bridgehead atoms. The van der Waals surface area contributed by atoms with Crippen molar-refractivity contribution in [2.75, 3.05) is 13.7 Å². The molecule has 0 N–H and O–H groups in total. The van der Waals surface area contributed by atoms with Gasteiger partial charge in [-0.3, -0.25) is 0 Å². The normalized spacial score (nSPS) is 9.25. The van der Waals surface area contributed by atoms with Crippen LogP contribution >= 0.6 is 0 Å². The number of unbranched alkanes of at least 4 members (excludes halogenated alkanes) is 1. The van der Waals surface area contributed by atoms with Crippen molar-refractivity contribution in [1.82, 2.24) is 4.98 Å². The monoisotopic (exact) mass is 220 g/mol. The first kappa shape index (κ1) is 12.0. The number of carbonyl (C=O) groups excluding carboxylic acids is 1. The van der Waals surface area contributed by atoms with Gasteiger partial charge in [0.15, 0.2) is 0 Å². The Balaban J connectivity index is 2.44. The first-order valence-corrected chi connectivity index (χ1v) is 4.82. The molecule has 0 unspecified atom stereocenters. The van der Waals surface area contributed by atoms with E-state index in [9.17, 15) is 4.79 Å². The molecule has 1 aromatic rings. The molecule has 0 aliphatic carbocycles. The number of hydrogen-bond donors (Lipinski definition) is 0. The van der Waals surface area contributed by atoms with Crippen LogP contribution in [-0.4, -0.2) is 24.7 Å². The van der Waals surface area contributed by atoms with E-state index < -0.39 is 5.97 Å². The number of nitriles is 1. The Morgan fingerprint density at radius 1 is 1.56 bits per heavy atom. The number of aromatic nitrogens is 1. The summed E-state index contributed by atoms with van der Waals surface area (Å²) in [6.07, 6.45) is 2.32. The van der Waals surface area contributed by atoms with Crippen LogP contribution in [-0.2, 0) is 4.74 Å². The van der Waals surface area contributed by atoms with Crippen molar-refractivity contribution in [2.45, 2.75) is 12.8 Å². The summed E-state index contributed by atoms with van der Waals surface area (Å²) in [6.45, 7) is 0.248. The van der Waals surface area contributed by atoms with Crippen LogP contribution in [0.1, 0.15) is 23.2 Å². The van der Waals surface area contributed by atoms with Crippen LogP contribution in [0.4, 0.5) is 0 Å². The second-order valence-corrected chi connectivity index (χ2v) is 2.99. The zero-order chi connectivity index (χ0) is 11.8. The molecule has 0 aliphatic rings. The van der Waals surface area contributed by atoms with E-state index in [4.69, 9.17) is 14.7 Å². The van der Waals surface area contributed by atoms with Gasteiger partial charge in [-0.25, -0.2) is 9.78 Å². The molecule has 1 heterocycles. The Kier molecular flexibility index (Phi) is 4.80. The standard InChI is InChI=1S/C11H12N2O3/c1-15-10-5-4-9(8-13-10)11(14)16-7-3-2-6-12/h4-5,8H,2-3,7H2,1H3. The Bertz CT molecular complexity index is 381. The van der Waals surface area contributed by atoms with Gasteiger partial charge < -0.3 is 9.47 Å². The quantitative estimate of drug-likeness (QED) is 0.556. The number of pyridine rings is 1. The first-order valence-electron chi connectivity index (χ1n) is 4.82. The maximum atomic E-state index is 11.4. The molecule has 16 heavy (non-hydrogen) atoms. The molecular formula is C11H12N2O3. The number of ether oxygens (including phenoxy) is 2. The summed E-state index contributed by atoms with van der Waals surface area (Å²) in [4.78, 5) is 15.3. The zero-order valence-corrected chi connectivity index (χ0v) is 8.97. The maximum absolute atomic E-state index is 11.4. The molecule has 0 amide bonds. The van der Waals surface area contributed by atoms with Gasteiger partial charge in [0.2, 0.25) is 5.88 Å². The lowest BCUT2D eigenvalue weighted by molar-refractivity contribution is 0.0501. The third kappa shape index (κ3) is 3.58. The molecule has 84 valence electrons. The summed E-state index contributed by atoms with van der Waals surface area (Å²) in [5, 5.41) is 8.29. The summed E-state index contributed by atoms with van der Waals surface area (Å²) >= 11 is 0. The second-order valence-electron chi connectivity index (χ2n) is 2.99. The van der Waals surface area contributed by atoms with Crippen LogP contribution in [0.5, 0.6) is 5.88 Å². The van der Waals surface area contributed by atoms with Crippen molar-refractivity contribution in [3.63, 3.8) is 0 Å².